The van der Waals surface area contributed by atoms with Crippen molar-refractivity contribution < 1.29 is 4.79 Å². The second kappa shape index (κ2) is 3.90. The van der Waals surface area contributed by atoms with Crippen LogP contribution in [0.4, 0.5) is 0 Å². The van der Waals surface area contributed by atoms with Crippen LogP contribution < -0.4 is 5.32 Å². The summed E-state index contributed by atoms with van der Waals surface area (Å²) < 4.78 is 0. The van der Waals surface area contributed by atoms with E-state index in [-0.39, 0.29) is 11.9 Å². The van der Waals surface area contributed by atoms with Crippen molar-refractivity contribution >= 4 is 5.91 Å². The lowest BCUT2D eigenvalue weighted by Crippen LogP contribution is -2.48. The Balaban J connectivity index is 2.26. The molecule has 0 aliphatic heterocycles. The van der Waals surface area contributed by atoms with Crippen LogP contribution in [0.5, 0.6) is 0 Å². The summed E-state index contributed by atoms with van der Waals surface area (Å²) in [5.41, 5.74) is 0. The van der Waals surface area contributed by atoms with Gasteiger partial charge in [-0.3, -0.25) is 4.79 Å². The van der Waals surface area contributed by atoms with Gasteiger partial charge in [0.15, 0.2) is 0 Å². The fourth-order valence-electron chi connectivity index (χ4n) is 1.39. The van der Waals surface area contributed by atoms with Crippen molar-refractivity contribution in [1.29, 1.82) is 0 Å². The average Bonchev–Trinajstić information content (AvgIpc) is 1.94. The monoisotopic (exact) mass is 170 g/mol. The first kappa shape index (κ1) is 9.52. The molecule has 12 heavy (non-hydrogen) atoms. The maximum absolute atomic E-state index is 11.4. The molecule has 0 aromatic heterocycles. The summed E-state index contributed by atoms with van der Waals surface area (Å²) in [6.45, 7) is 1.93. The van der Waals surface area contributed by atoms with Gasteiger partial charge in [-0.25, -0.2) is 0 Å². The van der Waals surface area contributed by atoms with E-state index in [0.29, 0.717) is 6.04 Å². The summed E-state index contributed by atoms with van der Waals surface area (Å²) in [7, 11) is 3.59. The Morgan fingerprint density at radius 2 is 2.08 bits per heavy atom. The van der Waals surface area contributed by atoms with E-state index in [1.165, 1.54) is 19.3 Å². The van der Waals surface area contributed by atoms with Crippen molar-refractivity contribution in [2.75, 3.05) is 14.1 Å². The molecule has 3 nitrogen and oxygen atoms in total. The van der Waals surface area contributed by atoms with Gasteiger partial charge in [0.1, 0.15) is 0 Å². The summed E-state index contributed by atoms with van der Waals surface area (Å²) in [5.74, 6) is 0.168. The molecule has 1 aliphatic carbocycles. The number of nitrogens with zero attached hydrogens (tertiary/aromatic N) is 1. The summed E-state index contributed by atoms with van der Waals surface area (Å²) in [4.78, 5) is 13.0. The molecule has 0 aromatic rings. The molecule has 1 N–H and O–H groups in total. The maximum atomic E-state index is 11.4. The number of amides is 1. The van der Waals surface area contributed by atoms with E-state index in [9.17, 15) is 4.79 Å². The molecule has 1 rings (SSSR count). The van der Waals surface area contributed by atoms with Crippen LogP contribution in [-0.2, 0) is 4.79 Å². The van der Waals surface area contributed by atoms with Crippen LogP contribution in [0.2, 0.25) is 0 Å². The van der Waals surface area contributed by atoms with Gasteiger partial charge >= 0.3 is 0 Å². The van der Waals surface area contributed by atoms with E-state index in [4.69, 9.17) is 0 Å². The van der Waals surface area contributed by atoms with Gasteiger partial charge in [-0.15, -0.1) is 0 Å². The molecule has 0 bridgehead atoms. The molecule has 1 unspecified atom stereocenters. The minimum atomic E-state index is -0.0229. The van der Waals surface area contributed by atoms with Crippen molar-refractivity contribution in [3.63, 3.8) is 0 Å². The number of carbonyl (C=O) groups excluding carboxylic acids is 1. The van der Waals surface area contributed by atoms with E-state index in [2.05, 4.69) is 5.32 Å². The Morgan fingerprint density at radius 3 is 2.42 bits per heavy atom. The Morgan fingerprint density at radius 1 is 1.50 bits per heavy atom. The molecule has 1 saturated carbocycles. The molecule has 0 saturated heterocycles. The fraction of sp³-hybridized carbons (Fsp3) is 0.889. The predicted molar refractivity (Wildman–Crippen MR) is 48.9 cm³/mol. The normalized spacial score (nSPS) is 19.9. The number of rotatable bonds is 3. The highest BCUT2D eigenvalue weighted by Gasteiger charge is 2.22. The lowest BCUT2D eigenvalue weighted by molar-refractivity contribution is -0.130. The maximum Gasteiger partial charge on any atom is 0.238 e. The quantitative estimate of drug-likeness (QED) is 0.673. The van der Waals surface area contributed by atoms with Gasteiger partial charge in [0.25, 0.3) is 0 Å². The molecule has 3 heteroatoms. The van der Waals surface area contributed by atoms with Crippen molar-refractivity contribution in [2.24, 2.45) is 0 Å². The summed E-state index contributed by atoms with van der Waals surface area (Å²) in [5, 5.41) is 3.31. The Labute approximate surface area is 74.1 Å². The van der Waals surface area contributed by atoms with Gasteiger partial charge < -0.3 is 10.2 Å². The van der Waals surface area contributed by atoms with E-state index in [0.717, 1.165) is 0 Å². The molecule has 0 heterocycles. The van der Waals surface area contributed by atoms with Crippen LogP contribution in [0.15, 0.2) is 0 Å². The molecule has 0 spiro atoms. The molecule has 1 aliphatic rings. The second-order valence-corrected chi connectivity index (χ2v) is 3.75. The zero-order valence-electron chi connectivity index (χ0n) is 8.13. The van der Waals surface area contributed by atoms with E-state index < -0.39 is 0 Å². The van der Waals surface area contributed by atoms with Crippen LogP contribution in [-0.4, -0.2) is 37.0 Å². The molecule has 1 atom stereocenters. The minimum Gasteiger partial charge on any atom is -0.347 e. The molecule has 0 aromatic carbocycles. The second-order valence-electron chi connectivity index (χ2n) is 3.75. The van der Waals surface area contributed by atoms with Crippen molar-refractivity contribution in [1.82, 2.24) is 10.2 Å². The zero-order chi connectivity index (χ0) is 9.14. The zero-order valence-corrected chi connectivity index (χ0v) is 8.13. The highest BCUT2D eigenvalue weighted by atomic mass is 16.2. The molecule has 70 valence electrons. The lowest BCUT2D eigenvalue weighted by atomic mass is 9.92. The largest absolute Gasteiger partial charge is 0.347 e. The van der Waals surface area contributed by atoms with Crippen LogP contribution in [0.1, 0.15) is 26.2 Å². The molecule has 1 amide bonds. The number of hydrogen-bond acceptors (Lipinski definition) is 2. The van der Waals surface area contributed by atoms with Gasteiger partial charge in [0.2, 0.25) is 5.91 Å². The van der Waals surface area contributed by atoms with Crippen molar-refractivity contribution in [3.05, 3.63) is 0 Å². The fourth-order valence-corrected chi connectivity index (χ4v) is 1.39. The third-order valence-electron chi connectivity index (χ3n) is 2.40. The lowest BCUT2D eigenvalue weighted by Gasteiger charge is -2.30. The van der Waals surface area contributed by atoms with E-state index in [1.54, 1.807) is 19.0 Å². The number of nitrogens with one attached hydrogen (secondary N) is 1. The first-order valence-corrected chi connectivity index (χ1v) is 4.58. The highest BCUT2D eigenvalue weighted by molar-refractivity contribution is 5.80. The van der Waals surface area contributed by atoms with Gasteiger partial charge in [0.05, 0.1) is 6.04 Å². The average molecular weight is 170 g/mol. The van der Waals surface area contributed by atoms with Crippen molar-refractivity contribution in [3.8, 4) is 0 Å². The van der Waals surface area contributed by atoms with Gasteiger partial charge in [-0.2, -0.15) is 0 Å². The van der Waals surface area contributed by atoms with Crippen LogP contribution in [0, 0.1) is 0 Å². The number of carbonyl (C=O) groups is 1. The topological polar surface area (TPSA) is 32.3 Å². The first-order chi connectivity index (χ1) is 5.61. The van der Waals surface area contributed by atoms with Crippen LogP contribution in [0.3, 0.4) is 0 Å². The molecular weight excluding hydrogens is 152 g/mol. The van der Waals surface area contributed by atoms with Crippen LogP contribution >= 0.6 is 0 Å². The van der Waals surface area contributed by atoms with Crippen LogP contribution in [0.25, 0.3) is 0 Å². The predicted octanol–water partition coefficient (Wildman–Crippen LogP) is 0.605. The summed E-state index contributed by atoms with van der Waals surface area (Å²) in [6, 6.07) is 0.564. The Bertz CT molecular complexity index is 164. The Kier molecular flexibility index (Phi) is 3.09. The first-order valence-electron chi connectivity index (χ1n) is 4.58. The molecule has 0 radical (unpaired) electrons. The third kappa shape index (κ3) is 2.21. The molecule has 1 fully saturated rings. The summed E-state index contributed by atoms with van der Waals surface area (Å²) in [6.07, 6.45) is 3.76. The smallest absolute Gasteiger partial charge is 0.238 e. The highest BCUT2D eigenvalue weighted by Crippen LogP contribution is 2.18. The number of likely N-dealkylation sites (N-methyl/N-ethyl adjacent to an activating group) is 1. The molecular formula is C9H18N2O. The minimum absolute atomic E-state index is 0.0229. The standard InChI is InChI=1S/C9H18N2O/c1-7(9(12)11(2)3)10-8-5-4-6-8/h7-8,10H,4-6H2,1-3H3. The third-order valence-corrected chi connectivity index (χ3v) is 2.40. The van der Waals surface area contributed by atoms with Gasteiger partial charge in [0, 0.05) is 20.1 Å². The van der Waals surface area contributed by atoms with E-state index in [1.807, 2.05) is 6.92 Å². The summed E-state index contributed by atoms with van der Waals surface area (Å²) >= 11 is 0. The SMILES string of the molecule is CC(NC1CCC1)C(=O)N(C)C. The van der Waals surface area contributed by atoms with Gasteiger partial charge in [-0.1, -0.05) is 6.42 Å². The van der Waals surface area contributed by atoms with Gasteiger partial charge in [-0.05, 0) is 19.8 Å². The number of hydrogen-bond donors (Lipinski definition) is 1. The Hall–Kier alpha value is -0.570. The van der Waals surface area contributed by atoms with E-state index >= 15 is 0 Å². The van der Waals surface area contributed by atoms with Crippen molar-refractivity contribution in [2.45, 2.75) is 38.3 Å².